The fraction of sp³-hybridized carbons (Fsp3) is 0.517. The number of terminal acetylenes is 1. The van der Waals surface area contributed by atoms with Crippen LogP contribution in [0, 0.1) is 12.3 Å². The number of hydrogen-bond acceptors (Lipinski definition) is 4. The number of unbranched alkanes of at least 4 members (excludes halogenated alkanes) is 1. The molecule has 0 aliphatic carbocycles. The highest BCUT2D eigenvalue weighted by Crippen LogP contribution is 2.44. The van der Waals surface area contributed by atoms with Gasteiger partial charge < -0.3 is 19.5 Å². The summed E-state index contributed by atoms with van der Waals surface area (Å²) in [5.41, 5.74) is 4.21. The van der Waals surface area contributed by atoms with Crippen LogP contribution in [0.1, 0.15) is 77.2 Å². The van der Waals surface area contributed by atoms with Crippen LogP contribution >= 0.6 is 0 Å². The molecule has 0 spiro atoms. The summed E-state index contributed by atoms with van der Waals surface area (Å²) in [5.74, 6) is 3.42. The molecular formula is C29H39NO3. The summed E-state index contributed by atoms with van der Waals surface area (Å²) >= 11 is 0. The molecule has 2 unspecified atom stereocenters. The lowest BCUT2D eigenvalue weighted by Gasteiger charge is -2.44. The Kier molecular flexibility index (Phi) is 8.10. The zero-order valence-electron chi connectivity index (χ0n) is 21.0. The first kappa shape index (κ1) is 25.1. The fourth-order valence-corrected chi connectivity index (χ4v) is 4.13. The van der Waals surface area contributed by atoms with E-state index in [0.29, 0.717) is 6.61 Å². The number of anilines is 1. The van der Waals surface area contributed by atoms with Crippen molar-refractivity contribution in [2.45, 2.75) is 84.2 Å². The summed E-state index contributed by atoms with van der Waals surface area (Å²) in [6.45, 7) is 14.6. The van der Waals surface area contributed by atoms with Crippen molar-refractivity contribution in [1.82, 2.24) is 0 Å². The third-order valence-corrected chi connectivity index (χ3v) is 6.11. The van der Waals surface area contributed by atoms with Gasteiger partial charge in [-0.15, -0.1) is 6.42 Å². The van der Waals surface area contributed by atoms with E-state index >= 15 is 0 Å². The first-order valence-corrected chi connectivity index (χ1v) is 12.0. The Bertz CT molecular complexity index is 950. The van der Waals surface area contributed by atoms with Crippen molar-refractivity contribution < 1.29 is 14.2 Å². The van der Waals surface area contributed by atoms with Gasteiger partial charge in [0.25, 0.3) is 0 Å². The van der Waals surface area contributed by atoms with Crippen LogP contribution in [0.3, 0.4) is 0 Å². The monoisotopic (exact) mass is 449 g/mol. The molecule has 2 atom stereocenters. The number of nitrogens with one attached hydrogen (secondary N) is 1. The van der Waals surface area contributed by atoms with E-state index in [4.69, 9.17) is 20.6 Å². The lowest BCUT2D eigenvalue weighted by molar-refractivity contribution is -0.156. The molecule has 0 saturated heterocycles. The van der Waals surface area contributed by atoms with Crippen LogP contribution in [-0.4, -0.2) is 24.9 Å². The summed E-state index contributed by atoms with van der Waals surface area (Å²) in [6, 6.07) is 15.0. The van der Waals surface area contributed by atoms with Crippen molar-refractivity contribution in [2.75, 3.05) is 18.5 Å². The molecule has 0 fully saturated rings. The molecule has 0 amide bonds. The number of benzene rings is 2. The molecule has 0 bridgehead atoms. The predicted molar refractivity (Wildman–Crippen MR) is 136 cm³/mol. The van der Waals surface area contributed by atoms with E-state index in [0.717, 1.165) is 36.4 Å². The van der Waals surface area contributed by atoms with Crippen LogP contribution < -0.4 is 10.1 Å². The summed E-state index contributed by atoms with van der Waals surface area (Å²) in [7, 11) is 0. The molecule has 1 N–H and O–H groups in total. The van der Waals surface area contributed by atoms with E-state index in [1.807, 2.05) is 19.9 Å². The maximum atomic E-state index is 6.36. The van der Waals surface area contributed by atoms with Crippen molar-refractivity contribution in [3.05, 3.63) is 59.2 Å². The average Bonchev–Trinajstić information content (AvgIpc) is 2.76. The molecule has 4 heteroatoms. The van der Waals surface area contributed by atoms with Crippen molar-refractivity contribution in [3.8, 4) is 18.1 Å². The average molecular weight is 450 g/mol. The van der Waals surface area contributed by atoms with Crippen LogP contribution in [0.5, 0.6) is 5.75 Å². The molecule has 0 saturated carbocycles. The summed E-state index contributed by atoms with van der Waals surface area (Å²) in [5, 5.41) is 3.55. The smallest absolute Gasteiger partial charge is 0.132 e. The minimum atomic E-state index is -0.551. The van der Waals surface area contributed by atoms with Gasteiger partial charge in [0.15, 0.2) is 0 Å². The second-order valence-electron chi connectivity index (χ2n) is 10.3. The van der Waals surface area contributed by atoms with Gasteiger partial charge in [0.2, 0.25) is 0 Å². The van der Waals surface area contributed by atoms with Gasteiger partial charge in [0.05, 0.1) is 0 Å². The van der Waals surface area contributed by atoms with E-state index in [2.05, 4.69) is 75.3 Å². The van der Waals surface area contributed by atoms with Crippen molar-refractivity contribution in [2.24, 2.45) is 0 Å². The Balaban J connectivity index is 1.81. The van der Waals surface area contributed by atoms with Crippen LogP contribution in [0.15, 0.2) is 42.5 Å². The molecule has 178 valence electrons. The van der Waals surface area contributed by atoms with Gasteiger partial charge in [-0.25, -0.2) is 0 Å². The van der Waals surface area contributed by atoms with Gasteiger partial charge in [0.1, 0.15) is 30.2 Å². The summed E-state index contributed by atoms with van der Waals surface area (Å²) in [6.07, 6.45) is 7.02. The van der Waals surface area contributed by atoms with Gasteiger partial charge in [-0.2, -0.15) is 0 Å². The maximum absolute atomic E-state index is 6.36. The minimum absolute atomic E-state index is 0.156. The van der Waals surface area contributed by atoms with Gasteiger partial charge in [0, 0.05) is 24.4 Å². The number of ether oxygens (including phenoxy) is 3. The zero-order valence-corrected chi connectivity index (χ0v) is 21.0. The van der Waals surface area contributed by atoms with Gasteiger partial charge >= 0.3 is 0 Å². The number of fused-ring (bicyclic) bond motifs is 1. The molecule has 33 heavy (non-hydrogen) atoms. The van der Waals surface area contributed by atoms with Crippen molar-refractivity contribution in [3.63, 3.8) is 0 Å². The number of rotatable bonds is 9. The topological polar surface area (TPSA) is 39.7 Å². The molecule has 1 aliphatic heterocycles. The highest BCUT2D eigenvalue weighted by molar-refractivity contribution is 5.54. The fourth-order valence-electron chi connectivity index (χ4n) is 4.13. The van der Waals surface area contributed by atoms with Crippen molar-refractivity contribution >= 4 is 5.69 Å². The predicted octanol–water partition coefficient (Wildman–Crippen LogP) is 6.64. The van der Waals surface area contributed by atoms with E-state index in [-0.39, 0.29) is 24.2 Å². The molecule has 1 aliphatic rings. The second-order valence-corrected chi connectivity index (χ2v) is 10.3. The first-order chi connectivity index (χ1) is 15.7. The maximum Gasteiger partial charge on any atom is 0.132 e. The Morgan fingerprint density at radius 2 is 1.82 bits per heavy atom. The minimum Gasteiger partial charge on any atom is -0.485 e. The molecule has 2 aromatic carbocycles. The molecule has 0 aromatic heterocycles. The largest absolute Gasteiger partial charge is 0.485 e. The van der Waals surface area contributed by atoms with E-state index in [1.165, 1.54) is 11.1 Å². The quantitative estimate of drug-likeness (QED) is 0.344. The number of hydrogen-bond donors (Lipinski definition) is 1. The van der Waals surface area contributed by atoms with Crippen molar-refractivity contribution in [1.29, 1.82) is 0 Å². The molecule has 2 aromatic rings. The van der Waals surface area contributed by atoms with Crippen LogP contribution in [0.25, 0.3) is 0 Å². The summed E-state index contributed by atoms with van der Waals surface area (Å²) in [4.78, 5) is 0. The third kappa shape index (κ3) is 6.31. The normalized spacial score (nSPS) is 19.3. The van der Waals surface area contributed by atoms with Crippen LogP contribution in [0.2, 0.25) is 0 Å². The van der Waals surface area contributed by atoms with E-state index < -0.39 is 5.60 Å². The first-order valence-electron chi connectivity index (χ1n) is 12.0. The third-order valence-electron chi connectivity index (χ3n) is 6.11. The molecule has 0 radical (unpaired) electrons. The lowest BCUT2D eigenvalue weighted by Crippen LogP contribution is -2.51. The van der Waals surface area contributed by atoms with E-state index in [9.17, 15) is 0 Å². The Labute approximate surface area is 200 Å². The zero-order chi connectivity index (χ0) is 24.1. The lowest BCUT2D eigenvalue weighted by atomic mass is 9.87. The van der Waals surface area contributed by atoms with Gasteiger partial charge in [-0.1, -0.05) is 64.3 Å². The van der Waals surface area contributed by atoms with E-state index in [1.54, 1.807) is 0 Å². The van der Waals surface area contributed by atoms with Gasteiger partial charge in [-0.3, -0.25) is 0 Å². The second kappa shape index (κ2) is 10.6. The highest BCUT2D eigenvalue weighted by atomic mass is 16.6. The molecule has 1 heterocycles. The van der Waals surface area contributed by atoms with Gasteiger partial charge in [-0.05, 0) is 55.0 Å². The highest BCUT2D eigenvalue weighted by Gasteiger charge is 2.45. The van der Waals surface area contributed by atoms with Crippen LogP contribution in [0.4, 0.5) is 5.69 Å². The Hall–Kier alpha value is -2.48. The molecule has 3 rings (SSSR count). The Morgan fingerprint density at radius 1 is 1.09 bits per heavy atom. The summed E-state index contributed by atoms with van der Waals surface area (Å²) < 4.78 is 18.7. The SMILES string of the molecule is C#CCOC1C(OCCCC)c2cc(NCc3ccc(C(C)(C)C)cc3)ccc2OC1(C)C. The molecular weight excluding hydrogens is 410 g/mol. The molecule has 4 nitrogen and oxygen atoms in total. The van der Waals surface area contributed by atoms with Crippen LogP contribution in [-0.2, 0) is 21.4 Å². The Morgan fingerprint density at radius 3 is 2.45 bits per heavy atom. The standard InChI is InChI=1S/C29H39NO3/c1-8-10-18-31-26-24-19-23(30-20-21-11-13-22(14-12-21)28(3,4)5)15-16-25(24)33-29(6,7)27(26)32-17-9-2/h2,11-16,19,26-27,30H,8,10,17-18,20H2,1,3-7H3.